The van der Waals surface area contributed by atoms with Crippen molar-refractivity contribution in [1.82, 2.24) is 19.5 Å². The van der Waals surface area contributed by atoms with E-state index < -0.39 is 0 Å². The molecule has 0 bridgehead atoms. The van der Waals surface area contributed by atoms with Gasteiger partial charge in [-0.25, -0.2) is 4.98 Å². The Hall–Kier alpha value is -7.89. The van der Waals surface area contributed by atoms with Gasteiger partial charge in [-0.05, 0) is 75.3 Å². The molecule has 5 nitrogen and oxygen atoms in total. The maximum Gasteiger partial charge on any atom is 0.238 e. The first-order chi connectivity index (χ1) is 28.8. The standard InChI is InChI=1S/C53H33N5/c1-3-15-34(16-4-1)37-20-11-21-38(33-37)51-54-52(43-27-14-30-46-50(43)41-25-9-10-28-44(41)57(46)39-22-5-2-6-23-39)56-53(55-51)58-45-29-13-19-36-18-12-26-42(48(36)45)49-40-24-8-7-17-35(40)31-32-47(49)58/h1-33H. The van der Waals surface area contributed by atoms with Gasteiger partial charge in [0.05, 0.1) is 22.4 Å². The van der Waals surface area contributed by atoms with Crippen LogP contribution in [0.2, 0.25) is 0 Å². The highest BCUT2D eigenvalue weighted by molar-refractivity contribution is 6.19. The number of rotatable bonds is 5. The fourth-order valence-electron chi connectivity index (χ4n) is 9.03. The zero-order valence-corrected chi connectivity index (χ0v) is 31.3. The molecule has 3 heterocycles. The van der Waals surface area contributed by atoms with Crippen molar-refractivity contribution in [3.63, 3.8) is 0 Å². The van der Waals surface area contributed by atoms with Gasteiger partial charge in [-0.3, -0.25) is 4.90 Å². The first kappa shape index (κ1) is 32.4. The molecule has 0 spiro atoms. The van der Waals surface area contributed by atoms with E-state index in [1.807, 2.05) is 6.07 Å². The van der Waals surface area contributed by atoms with Crippen molar-refractivity contribution in [3.05, 3.63) is 200 Å². The predicted octanol–water partition coefficient (Wildman–Crippen LogP) is 13.7. The Morgan fingerprint density at radius 3 is 1.88 bits per heavy atom. The van der Waals surface area contributed by atoms with Crippen LogP contribution in [0.15, 0.2) is 200 Å². The average molecular weight is 740 g/mol. The Morgan fingerprint density at radius 2 is 1.00 bits per heavy atom. The summed E-state index contributed by atoms with van der Waals surface area (Å²) in [6.07, 6.45) is 0. The highest BCUT2D eigenvalue weighted by atomic mass is 15.3. The molecule has 0 amide bonds. The summed E-state index contributed by atoms with van der Waals surface area (Å²) in [6, 6.07) is 70.8. The molecule has 0 saturated carbocycles. The van der Waals surface area contributed by atoms with Crippen LogP contribution in [0, 0.1) is 0 Å². The first-order valence-corrected chi connectivity index (χ1v) is 19.6. The van der Waals surface area contributed by atoms with Gasteiger partial charge in [0.2, 0.25) is 5.95 Å². The molecule has 5 heteroatoms. The monoisotopic (exact) mass is 739 g/mol. The summed E-state index contributed by atoms with van der Waals surface area (Å²) in [4.78, 5) is 18.6. The van der Waals surface area contributed by atoms with E-state index in [0.29, 0.717) is 17.6 Å². The zero-order chi connectivity index (χ0) is 38.2. The van der Waals surface area contributed by atoms with Crippen LogP contribution in [0.25, 0.3) is 94.1 Å². The van der Waals surface area contributed by atoms with Crippen LogP contribution in [0.4, 0.5) is 17.3 Å². The van der Waals surface area contributed by atoms with Crippen molar-refractivity contribution in [3.8, 4) is 50.7 Å². The van der Waals surface area contributed by atoms with Gasteiger partial charge in [0, 0.05) is 38.5 Å². The van der Waals surface area contributed by atoms with Crippen LogP contribution in [-0.4, -0.2) is 19.5 Å². The van der Waals surface area contributed by atoms with Crippen LogP contribution in [0.3, 0.4) is 0 Å². The molecule has 11 aromatic rings. The summed E-state index contributed by atoms with van der Waals surface area (Å²) >= 11 is 0. The van der Waals surface area contributed by atoms with Crippen molar-refractivity contribution in [2.75, 3.05) is 4.90 Å². The molecule has 0 unspecified atom stereocenters. The van der Waals surface area contributed by atoms with Crippen LogP contribution in [0.1, 0.15) is 0 Å². The zero-order valence-electron chi connectivity index (χ0n) is 31.3. The van der Waals surface area contributed by atoms with Crippen molar-refractivity contribution < 1.29 is 0 Å². The van der Waals surface area contributed by atoms with E-state index in [1.54, 1.807) is 0 Å². The molecule has 0 N–H and O–H groups in total. The Bertz CT molecular complexity index is 3400. The highest BCUT2D eigenvalue weighted by Gasteiger charge is 2.30. The second kappa shape index (κ2) is 12.8. The SMILES string of the molecule is c1ccc(-c2cccc(-c3nc(-c4cccc5c4c4ccccc4n5-c4ccccc4)nc(N4c5ccc6ccccc6c5-c5cccc6cccc4c56)n3)c2)cc1. The first-order valence-electron chi connectivity index (χ1n) is 19.6. The molecule has 1 aliphatic heterocycles. The second-order valence-corrected chi connectivity index (χ2v) is 14.8. The van der Waals surface area contributed by atoms with Crippen molar-refractivity contribution >= 4 is 60.7 Å². The molecule has 0 atom stereocenters. The lowest BCUT2D eigenvalue weighted by Gasteiger charge is -2.33. The van der Waals surface area contributed by atoms with Gasteiger partial charge in [0.15, 0.2) is 11.6 Å². The molecule has 58 heavy (non-hydrogen) atoms. The van der Waals surface area contributed by atoms with Crippen molar-refractivity contribution in [2.45, 2.75) is 0 Å². The smallest absolute Gasteiger partial charge is 0.238 e. The fraction of sp³-hybridized carbons (Fsp3) is 0. The largest absolute Gasteiger partial charge is 0.309 e. The fourth-order valence-corrected chi connectivity index (χ4v) is 9.03. The summed E-state index contributed by atoms with van der Waals surface area (Å²) in [6.45, 7) is 0. The summed E-state index contributed by atoms with van der Waals surface area (Å²) in [5, 5.41) is 6.96. The van der Waals surface area contributed by atoms with E-state index in [4.69, 9.17) is 15.0 Å². The lowest BCUT2D eigenvalue weighted by Crippen LogP contribution is -2.19. The van der Waals surface area contributed by atoms with Gasteiger partial charge >= 0.3 is 0 Å². The van der Waals surface area contributed by atoms with Gasteiger partial charge in [0.1, 0.15) is 0 Å². The minimum atomic E-state index is 0.562. The molecule has 0 fully saturated rings. The third-order valence-corrected chi connectivity index (χ3v) is 11.5. The van der Waals surface area contributed by atoms with Crippen LogP contribution in [-0.2, 0) is 0 Å². The molecule has 0 aliphatic carbocycles. The Labute approximate surface area is 334 Å². The highest BCUT2D eigenvalue weighted by Crippen LogP contribution is 2.52. The van der Waals surface area contributed by atoms with E-state index in [-0.39, 0.29) is 0 Å². The van der Waals surface area contributed by atoms with Gasteiger partial charge < -0.3 is 4.57 Å². The molecule has 1 aliphatic rings. The van der Waals surface area contributed by atoms with E-state index in [9.17, 15) is 0 Å². The molecule has 9 aromatic carbocycles. The molecule has 2 aromatic heterocycles. The Kier molecular flexibility index (Phi) is 7.16. The Morgan fingerprint density at radius 1 is 0.362 bits per heavy atom. The van der Waals surface area contributed by atoms with Crippen LogP contribution in [0.5, 0.6) is 0 Å². The number of fused-ring (bicyclic) bond motifs is 7. The third kappa shape index (κ3) is 4.93. The van der Waals surface area contributed by atoms with Gasteiger partial charge in [-0.2, -0.15) is 9.97 Å². The predicted molar refractivity (Wildman–Crippen MR) is 239 cm³/mol. The van der Waals surface area contributed by atoms with Crippen LogP contribution >= 0.6 is 0 Å². The number of benzene rings is 9. The van der Waals surface area contributed by atoms with Crippen molar-refractivity contribution in [1.29, 1.82) is 0 Å². The van der Waals surface area contributed by atoms with Crippen LogP contribution < -0.4 is 4.90 Å². The van der Waals surface area contributed by atoms with E-state index in [0.717, 1.165) is 61.1 Å². The van der Waals surface area contributed by atoms with Gasteiger partial charge in [-0.15, -0.1) is 0 Å². The number of hydrogen-bond donors (Lipinski definition) is 0. The van der Waals surface area contributed by atoms with E-state index in [2.05, 4.69) is 204 Å². The van der Waals surface area contributed by atoms with Gasteiger partial charge in [0.25, 0.3) is 0 Å². The topological polar surface area (TPSA) is 46.8 Å². The van der Waals surface area contributed by atoms with E-state index in [1.165, 1.54) is 32.7 Å². The minimum absolute atomic E-state index is 0.562. The third-order valence-electron chi connectivity index (χ3n) is 11.5. The maximum absolute atomic E-state index is 5.51. The summed E-state index contributed by atoms with van der Waals surface area (Å²) in [5.74, 6) is 1.78. The number of anilines is 3. The molecule has 270 valence electrons. The van der Waals surface area contributed by atoms with Gasteiger partial charge in [-0.1, -0.05) is 158 Å². The lowest BCUT2D eigenvalue weighted by molar-refractivity contribution is 1.03. The summed E-state index contributed by atoms with van der Waals surface area (Å²) in [7, 11) is 0. The number of para-hydroxylation sites is 2. The Balaban J connectivity index is 1.17. The van der Waals surface area contributed by atoms with Crippen molar-refractivity contribution in [2.24, 2.45) is 0 Å². The quantitative estimate of drug-likeness (QED) is 0.176. The summed E-state index contributed by atoms with van der Waals surface area (Å²) < 4.78 is 2.34. The summed E-state index contributed by atoms with van der Waals surface area (Å²) in [5.41, 5.74) is 11.9. The average Bonchev–Trinajstić information content (AvgIpc) is 3.64. The number of aromatic nitrogens is 4. The molecular formula is C53H33N5. The number of nitrogens with zero attached hydrogens (tertiary/aromatic N) is 5. The van der Waals surface area contributed by atoms with E-state index >= 15 is 0 Å². The molecule has 0 saturated heterocycles. The molecular weight excluding hydrogens is 707 g/mol. The number of hydrogen-bond acceptors (Lipinski definition) is 4. The normalized spacial score (nSPS) is 12.1. The maximum atomic E-state index is 5.51. The molecule has 12 rings (SSSR count). The minimum Gasteiger partial charge on any atom is -0.309 e. The molecule has 0 radical (unpaired) electrons. The second-order valence-electron chi connectivity index (χ2n) is 14.8. The lowest BCUT2D eigenvalue weighted by atomic mass is 9.88.